The van der Waals surface area contributed by atoms with Crippen LogP contribution >= 0.6 is 0 Å². The average molecular weight is 398 g/mol. The van der Waals surface area contributed by atoms with Crippen molar-refractivity contribution in [3.63, 3.8) is 0 Å². The summed E-state index contributed by atoms with van der Waals surface area (Å²) < 4.78 is 39.2. The summed E-state index contributed by atoms with van der Waals surface area (Å²) in [6.07, 6.45) is 1.64. The molecule has 0 aliphatic rings. The summed E-state index contributed by atoms with van der Waals surface area (Å²) in [5.74, 6) is 1.38. The Bertz CT molecular complexity index is 1070. The quantitative estimate of drug-likeness (QED) is 0.651. The fraction of sp³-hybridized carbons (Fsp3) is 0.190. The maximum Gasteiger partial charge on any atom is 0.244 e. The number of hydrogen-bond acceptors (Lipinski definition) is 5. The molecule has 0 aliphatic carbocycles. The van der Waals surface area contributed by atoms with Crippen molar-refractivity contribution in [2.45, 2.75) is 25.3 Å². The summed E-state index contributed by atoms with van der Waals surface area (Å²) in [4.78, 5) is 4.24. The number of pyridine rings is 1. The molecule has 0 unspecified atom stereocenters. The van der Waals surface area contributed by atoms with Gasteiger partial charge in [-0.3, -0.25) is 0 Å². The molecule has 0 saturated carbocycles. The molecule has 6 nitrogen and oxygen atoms in total. The molecule has 1 heterocycles. The normalized spacial score (nSPS) is 11.2. The van der Waals surface area contributed by atoms with E-state index in [1.165, 1.54) is 7.11 Å². The highest BCUT2D eigenvalue weighted by Gasteiger charge is 2.20. The standard InChI is InChI=1S/C21H22N2O4S/c1-15-11-19(26-3)20(12-16(15)2)28(24,25)23-14-17-7-6-8-18(13-17)27-21-9-4-5-10-22-21/h4-13,23H,14H2,1-3H3. The number of hydrogen-bond donors (Lipinski definition) is 1. The second-order valence-corrected chi connectivity index (χ2v) is 8.06. The topological polar surface area (TPSA) is 77.5 Å². The Morgan fingerprint density at radius 2 is 1.79 bits per heavy atom. The van der Waals surface area contributed by atoms with E-state index in [1.807, 2.05) is 26.0 Å². The lowest BCUT2D eigenvalue weighted by atomic mass is 10.1. The molecule has 0 amide bonds. The van der Waals surface area contributed by atoms with Crippen molar-refractivity contribution in [3.05, 3.63) is 77.5 Å². The molecule has 0 saturated heterocycles. The molecule has 2 aromatic carbocycles. The van der Waals surface area contributed by atoms with E-state index in [4.69, 9.17) is 9.47 Å². The molecule has 146 valence electrons. The smallest absolute Gasteiger partial charge is 0.244 e. The van der Waals surface area contributed by atoms with Crippen LogP contribution < -0.4 is 14.2 Å². The van der Waals surface area contributed by atoms with Gasteiger partial charge in [-0.25, -0.2) is 18.1 Å². The number of aromatic nitrogens is 1. The van der Waals surface area contributed by atoms with Crippen molar-refractivity contribution in [1.82, 2.24) is 9.71 Å². The first-order valence-corrected chi connectivity index (χ1v) is 10.2. The summed E-state index contributed by atoms with van der Waals surface area (Å²) in [6, 6.07) is 15.9. The van der Waals surface area contributed by atoms with Crippen molar-refractivity contribution in [2.75, 3.05) is 7.11 Å². The minimum Gasteiger partial charge on any atom is -0.495 e. The molecular weight excluding hydrogens is 376 g/mol. The summed E-state index contributed by atoms with van der Waals surface area (Å²) in [5, 5.41) is 0. The highest BCUT2D eigenvalue weighted by molar-refractivity contribution is 7.89. The van der Waals surface area contributed by atoms with Gasteiger partial charge in [-0.1, -0.05) is 18.2 Å². The van der Waals surface area contributed by atoms with Crippen LogP contribution in [-0.2, 0) is 16.6 Å². The van der Waals surface area contributed by atoms with Gasteiger partial charge in [0.1, 0.15) is 16.4 Å². The maximum atomic E-state index is 12.8. The van der Waals surface area contributed by atoms with Gasteiger partial charge in [-0.05, 0) is 60.9 Å². The van der Waals surface area contributed by atoms with Crippen molar-refractivity contribution >= 4 is 10.0 Å². The van der Waals surface area contributed by atoms with Crippen LogP contribution in [0.2, 0.25) is 0 Å². The van der Waals surface area contributed by atoms with E-state index in [2.05, 4.69) is 9.71 Å². The van der Waals surface area contributed by atoms with E-state index in [1.54, 1.807) is 48.7 Å². The molecule has 3 rings (SSSR count). The summed E-state index contributed by atoms with van der Waals surface area (Å²) in [7, 11) is -2.28. The van der Waals surface area contributed by atoms with Crippen LogP contribution in [-0.4, -0.2) is 20.5 Å². The maximum absolute atomic E-state index is 12.8. The molecule has 0 aliphatic heterocycles. The SMILES string of the molecule is COc1cc(C)c(C)cc1S(=O)(=O)NCc1cccc(Oc2ccccn2)c1. The summed E-state index contributed by atoms with van der Waals surface area (Å²) in [6.45, 7) is 3.90. The van der Waals surface area contributed by atoms with E-state index >= 15 is 0 Å². The van der Waals surface area contributed by atoms with Crippen LogP contribution in [0.1, 0.15) is 16.7 Å². The zero-order valence-corrected chi connectivity index (χ0v) is 16.8. The largest absolute Gasteiger partial charge is 0.495 e. The fourth-order valence-corrected chi connectivity index (χ4v) is 3.89. The van der Waals surface area contributed by atoms with Gasteiger partial charge < -0.3 is 9.47 Å². The van der Waals surface area contributed by atoms with Crippen molar-refractivity contribution < 1.29 is 17.9 Å². The van der Waals surface area contributed by atoms with Crippen molar-refractivity contribution in [1.29, 1.82) is 0 Å². The number of sulfonamides is 1. The third kappa shape index (κ3) is 4.68. The Balaban J connectivity index is 1.77. The Morgan fingerprint density at radius 1 is 1.00 bits per heavy atom. The second-order valence-electron chi connectivity index (χ2n) is 6.33. The van der Waals surface area contributed by atoms with E-state index in [-0.39, 0.29) is 11.4 Å². The third-order valence-electron chi connectivity index (χ3n) is 4.29. The Labute approximate surface area is 165 Å². The van der Waals surface area contributed by atoms with E-state index in [0.29, 0.717) is 17.4 Å². The van der Waals surface area contributed by atoms with Crippen LogP contribution in [0.5, 0.6) is 17.4 Å². The summed E-state index contributed by atoms with van der Waals surface area (Å²) >= 11 is 0. The number of methoxy groups -OCH3 is 1. The zero-order valence-electron chi connectivity index (χ0n) is 16.0. The second kappa shape index (κ2) is 8.41. The lowest BCUT2D eigenvalue weighted by Gasteiger charge is -2.13. The van der Waals surface area contributed by atoms with Crippen LogP contribution in [0.15, 0.2) is 65.7 Å². The average Bonchev–Trinajstić information content (AvgIpc) is 2.69. The number of ether oxygens (including phenoxy) is 2. The molecular formula is C21H22N2O4S. The molecule has 0 bridgehead atoms. The van der Waals surface area contributed by atoms with Gasteiger partial charge in [0.2, 0.25) is 15.9 Å². The molecule has 0 atom stereocenters. The van der Waals surface area contributed by atoms with Crippen molar-refractivity contribution in [3.8, 4) is 17.4 Å². The minimum absolute atomic E-state index is 0.123. The van der Waals surface area contributed by atoms with Gasteiger partial charge in [-0.15, -0.1) is 0 Å². The summed E-state index contributed by atoms with van der Waals surface area (Å²) in [5.41, 5.74) is 2.61. The van der Waals surface area contributed by atoms with Gasteiger partial charge >= 0.3 is 0 Å². The van der Waals surface area contributed by atoms with Gasteiger partial charge in [0.25, 0.3) is 0 Å². The molecule has 1 aromatic heterocycles. The van der Waals surface area contributed by atoms with Crippen LogP contribution in [0, 0.1) is 13.8 Å². The Morgan fingerprint density at radius 3 is 2.50 bits per heavy atom. The first-order chi connectivity index (χ1) is 13.4. The predicted octanol–water partition coefficient (Wildman–Crippen LogP) is 3.98. The minimum atomic E-state index is -3.74. The number of rotatable bonds is 7. The van der Waals surface area contributed by atoms with Gasteiger partial charge in [0.05, 0.1) is 7.11 Å². The van der Waals surface area contributed by atoms with Crippen molar-refractivity contribution in [2.24, 2.45) is 0 Å². The molecule has 0 spiro atoms. The van der Waals surface area contributed by atoms with E-state index in [0.717, 1.165) is 16.7 Å². The Kier molecular flexibility index (Phi) is 5.96. The first-order valence-electron chi connectivity index (χ1n) is 8.72. The van der Waals surface area contributed by atoms with Crippen LogP contribution in [0.3, 0.4) is 0 Å². The third-order valence-corrected chi connectivity index (χ3v) is 5.72. The molecule has 28 heavy (non-hydrogen) atoms. The predicted molar refractivity (Wildman–Crippen MR) is 107 cm³/mol. The zero-order chi connectivity index (χ0) is 20.1. The molecule has 7 heteroatoms. The van der Waals surface area contributed by atoms with Gasteiger partial charge in [0.15, 0.2) is 0 Å². The van der Waals surface area contributed by atoms with E-state index in [9.17, 15) is 8.42 Å². The number of aryl methyl sites for hydroxylation is 2. The highest BCUT2D eigenvalue weighted by atomic mass is 32.2. The number of nitrogens with one attached hydrogen (secondary N) is 1. The lowest BCUT2D eigenvalue weighted by Crippen LogP contribution is -2.24. The first kappa shape index (κ1) is 19.9. The number of nitrogens with zero attached hydrogens (tertiary/aromatic N) is 1. The Hall–Kier alpha value is -2.90. The molecule has 3 aromatic rings. The van der Waals surface area contributed by atoms with Gasteiger partial charge in [-0.2, -0.15) is 0 Å². The van der Waals surface area contributed by atoms with E-state index < -0.39 is 10.0 Å². The van der Waals surface area contributed by atoms with Crippen LogP contribution in [0.25, 0.3) is 0 Å². The monoisotopic (exact) mass is 398 g/mol. The molecule has 1 N–H and O–H groups in total. The molecule has 0 radical (unpaired) electrons. The van der Waals surface area contributed by atoms with Gasteiger partial charge in [0, 0.05) is 18.8 Å². The lowest BCUT2D eigenvalue weighted by molar-refractivity contribution is 0.401. The van der Waals surface area contributed by atoms with Crippen LogP contribution in [0.4, 0.5) is 0 Å². The number of benzene rings is 2. The fourth-order valence-electron chi connectivity index (χ4n) is 2.64. The highest BCUT2D eigenvalue weighted by Crippen LogP contribution is 2.27. The molecule has 0 fully saturated rings.